The van der Waals surface area contributed by atoms with E-state index in [2.05, 4.69) is 21.9 Å². The number of carbonyl (C=O) groups excluding carboxylic acids is 1. The highest BCUT2D eigenvalue weighted by Crippen LogP contribution is 2.19. The van der Waals surface area contributed by atoms with Crippen molar-refractivity contribution in [3.8, 4) is 0 Å². The van der Waals surface area contributed by atoms with Gasteiger partial charge in [0.25, 0.3) is 0 Å². The second kappa shape index (κ2) is 9.44. The number of carbonyl (C=O) groups is 1. The lowest BCUT2D eigenvalue weighted by atomic mass is 10.1. The minimum Gasteiger partial charge on any atom is -0.379 e. The molecule has 0 N–H and O–H groups in total. The van der Waals surface area contributed by atoms with Crippen LogP contribution in [-0.2, 0) is 16.0 Å². The van der Waals surface area contributed by atoms with Gasteiger partial charge in [0.15, 0.2) is 0 Å². The van der Waals surface area contributed by atoms with Crippen molar-refractivity contribution in [1.29, 1.82) is 0 Å². The molecule has 0 spiro atoms. The van der Waals surface area contributed by atoms with Crippen LogP contribution in [0, 0.1) is 0 Å². The van der Waals surface area contributed by atoms with Gasteiger partial charge < -0.3 is 9.64 Å². The third kappa shape index (κ3) is 5.23. The first-order valence-corrected chi connectivity index (χ1v) is 10.2. The SMILES string of the molecule is O=C(CCc1ccccc1)N1CCCSCC1CN1CCOCC1. The standard InChI is InChI=1S/C19H28N2O2S/c22-19(8-7-17-5-2-1-3-6-17)21-9-4-14-24-16-18(21)15-20-10-12-23-13-11-20/h1-3,5-6,18H,4,7-16H2. The Labute approximate surface area is 149 Å². The summed E-state index contributed by atoms with van der Waals surface area (Å²) in [6.45, 7) is 5.53. The first kappa shape index (κ1) is 17.8. The van der Waals surface area contributed by atoms with E-state index in [1.54, 1.807) is 0 Å². The molecule has 4 nitrogen and oxygen atoms in total. The number of thioether (sulfide) groups is 1. The van der Waals surface area contributed by atoms with Crippen molar-refractivity contribution >= 4 is 17.7 Å². The Hall–Kier alpha value is -1.04. The smallest absolute Gasteiger partial charge is 0.223 e. The highest BCUT2D eigenvalue weighted by molar-refractivity contribution is 7.99. The Kier molecular flexibility index (Phi) is 6.99. The monoisotopic (exact) mass is 348 g/mol. The summed E-state index contributed by atoms with van der Waals surface area (Å²) in [5, 5.41) is 0. The van der Waals surface area contributed by atoms with Gasteiger partial charge >= 0.3 is 0 Å². The van der Waals surface area contributed by atoms with Gasteiger partial charge in [-0.3, -0.25) is 9.69 Å². The Balaban J connectivity index is 1.57. The number of nitrogens with zero attached hydrogens (tertiary/aromatic N) is 2. The van der Waals surface area contributed by atoms with Crippen molar-refractivity contribution in [2.75, 3.05) is 50.9 Å². The number of ether oxygens (including phenoxy) is 1. The second-order valence-electron chi connectivity index (χ2n) is 6.57. The zero-order valence-electron chi connectivity index (χ0n) is 14.4. The van der Waals surface area contributed by atoms with Crippen LogP contribution < -0.4 is 0 Å². The molecule has 1 aromatic rings. The lowest BCUT2D eigenvalue weighted by Gasteiger charge is -2.35. The molecule has 5 heteroatoms. The molecule has 24 heavy (non-hydrogen) atoms. The van der Waals surface area contributed by atoms with Crippen LogP contribution in [0.2, 0.25) is 0 Å². The van der Waals surface area contributed by atoms with Crippen LogP contribution in [0.15, 0.2) is 30.3 Å². The molecule has 0 aromatic heterocycles. The molecule has 2 aliphatic rings. The Morgan fingerprint density at radius 2 is 1.96 bits per heavy atom. The largest absolute Gasteiger partial charge is 0.379 e. The van der Waals surface area contributed by atoms with E-state index < -0.39 is 0 Å². The number of morpholine rings is 1. The van der Waals surface area contributed by atoms with Crippen molar-refractivity contribution < 1.29 is 9.53 Å². The van der Waals surface area contributed by atoms with Crippen LogP contribution in [0.4, 0.5) is 0 Å². The fourth-order valence-corrected chi connectivity index (χ4v) is 4.49. The highest BCUT2D eigenvalue weighted by atomic mass is 32.2. The molecule has 3 rings (SSSR count). The average molecular weight is 349 g/mol. The van der Waals surface area contributed by atoms with E-state index in [0.29, 0.717) is 18.4 Å². The summed E-state index contributed by atoms with van der Waals surface area (Å²) >= 11 is 2.00. The molecule has 0 bridgehead atoms. The molecule has 2 saturated heterocycles. The minimum atomic E-state index is 0.319. The first-order valence-electron chi connectivity index (χ1n) is 9.04. The van der Waals surface area contributed by atoms with E-state index in [1.165, 1.54) is 11.3 Å². The molecular weight excluding hydrogens is 320 g/mol. The van der Waals surface area contributed by atoms with Crippen LogP contribution in [0.25, 0.3) is 0 Å². The predicted molar refractivity (Wildman–Crippen MR) is 99.5 cm³/mol. The molecule has 0 aliphatic carbocycles. The van der Waals surface area contributed by atoms with Crippen LogP contribution in [0.3, 0.4) is 0 Å². The van der Waals surface area contributed by atoms with Gasteiger partial charge in [0.1, 0.15) is 0 Å². The van der Waals surface area contributed by atoms with E-state index in [-0.39, 0.29) is 0 Å². The van der Waals surface area contributed by atoms with Crippen molar-refractivity contribution in [2.24, 2.45) is 0 Å². The van der Waals surface area contributed by atoms with Crippen LogP contribution in [0.5, 0.6) is 0 Å². The van der Waals surface area contributed by atoms with Gasteiger partial charge in [0, 0.05) is 38.4 Å². The average Bonchev–Trinajstić information content (AvgIpc) is 2.87. The van der Waals surface area contributed by atoms with Gasteiger partial charge in [-0.2, -0.15) is 11.8 Å². The van der Waals surface area contributed by atoms with Gasteiger partial charge in [-0.05, 0) is 24.2 Å². The van der Waals surface area contributed by atoms with E-state index >= 15 is 0 Å². The third-order valence-corrected chi connectivity index (χ3v) is 6.00. The third-order valence-electron chi connectivity index (χ3n) is 4.80. The number of hydrogen-bond donors (Lipinski definition) is 0. The minimum absolute atomic E-state index is 0.319. The molecule has 1 unspecified atom stereocenters. The predicted octanol–water partition coefficient (Wildman–Crippen LogP) is 2.29. The molecule has 2 heterocycles. The molecule has 2 fully saturated rings. The van der Waals surface area contributed by atoms with Crippen LogP contribution in [-0.4, -0.2) is 72.6 Å². The normalized spacial score (nSPS) is 23.0. The lowest BCUT2D eigenvalue weighted by Crippen LogP contribution is -2.50. The molecule has 2 aliphatic heterocycles. The molecular formula is C19H28N2O2S. The van der Waals surface area contributed by atoms with Gasteiger partial charge in [0.2, 0.25) is 5.91 Å². The maximum absolute atomic E-state index is 12.8. The van der Waals surface area contributed by atoms with Crippen LogP contribution in [0.1, 0.15) is 18.4 Å². The zero-order chi connectivity index (χ0) is 16.6. The van der Waals surface area contributed by atoms with Crippen molar-refractivity contribution in [3.63, 3.8) is 0 Å². The summed E-state index contributed by atoms with van der Waals surface area (Å²) in [5.41, 5.74) is 1.25. The van der Waals surface area contributed by atoms with Crippen molar-refractivity contribution in [3.05, 3.63) is 35.9 Å². The first-order chi connectivity index (χ1) is 11.8. The summed E-state index contributed by atoms with van der Waals surface area (Å²) in [6, 6.07) is 10.7. The topological polar surface area (TPSA) is 32.8 Å². The summed E-state index contributed by atoms with van der Waals surface area (Å²) < 4.78 is 5.45. The van der Waals surface area contributed by atoms with E-state index in [9.17, 15) is 4.79 Å². The van der Waals surface area contributed by atoms with Crippen molar-refractivity contribution in [1.82, 2.24) is 9.80 Å². The van der Waals surface area contributed by atoms with Gasteiger partial charge in [0.05, 0.1) is 19.3 Å². The molecule has 1 amide bonds. The summed E-state index contributed by atoms with van der Waals surface area (Å²) in [5.74, 6) is 2.55. The van der Waals surface area contributed by atoms with Gasteiger partial charge in [-0.15, -0.1) is 0 Å². The molecule has 0 radical (unpaired) electrons. The van der Waals surface area contributed by atoms with E-state index in [0.717, 1.165) is 58.0 Å². The molecule has 0 saturated carbocycles. The zero-order valence-corrected chi connectivity index (χ0v) is 15.2. The number of amides is 1. The van der Waals surface area contributed by atoms with Crippen molar-refractivity contribution in [2.45, 2.75) is 25.3 Å². The number of hydrogen-bond acceptors (Lipinski definition) is 4. The Morgan fingerprint density at radius 3 is 2.75 bits per heavy atom. The Bertz CT molecular complexity index is 505. The fourth-order valence-electron chi connectivity index (χ4n) is 3.43. The van der Waals surface area contributed by atoms with E-state index in [1.807, 2.05) is 30.0 Å². The summed E-state index contributed by atoms with van der Waals surface area (Å²) in [6.07, 6.45) is 2.57. The molecule has 1 aromatic carbocycles. The second-order valence-corrected chi connectivity index (χ2v) is 7.72. The van der Waals surface area contributed by atoms with E-state index in [4.69, 9.17) is 4.74 Å². The maximum atomic E-state index is 12.8. The molecule has 1 atom stereocenters. The highest BCUT2D eigenvalue weighted by Gasteiger charge is 2.27. The maximum Gasteiger partial charge on any atom is 0.223 e. The summed E-state index contributed by atoms with van der Waals surface area (Å²) in [7, 11) is 0. The van der Waals surface area contributed by atoms with Crippen LogP contribution >= 0.6 is 11.8 Å². The van der Waals surface area contributed by atoms with Gasteiger partial charge in [-0.1, -0.05) is 30.3 Å². The number of benzene rings is 1. The fraction of sp³-hybridized carbons (Fsp3) is 0.632. The van der Waals surface area contributed by atoms with Gasteiger partial charge in [-0.25, -0.2) is 0 Å². The number of rotatable bonds is 5. The Morgan fingerprint density at radius 1 is 1.17 bits per heavy atom. The summed E-state index contributed by atoms with van der Waals surface area (Å²) in [4.78, 5) is 17.5. The number of aryl methyl sites for hydroxylation is 1. The lowest BCUT2D eigenvalue weighted by molar-refractivity contribution is -0.133. The molecule has 132 valence electrons. The quantitative estimate of drug-likeness (QED) is 0.817.